The van der Waals surface area contributed by atoms with Crippen molar-refractivity contribution in [3.8, 4) is 6.07 Å². The molecular formula is C16H19N3S. The first-order valence-corrected chi connectivity index (χ1v) is 7.78. The molecule has 0 radical (unpaired) electrons. The van der Waals surface area contributed by atoms with Crippen LogP contribution in [0.4, 0.5) is 0 Å². The number of H-pyrrole nitrogens is 1. The lowest BCUT2D eigenvalue weighted by molar-refractivity contribution is 0.263. The summed E-state index contributed by atoms with van der Waals surface area (Å²) in [7, 11) is 0. The van der Waals surface area contributed by atoms with Gasteiger partial charge in [-0.25, -0.2) is 0 Å². The van der Waals surface area contributed by atoms with Crippen molar-refractivity contribution >= 4 is 23.3 Å². The van der Waals surface area contributed by atoms with Gasteiger partial charge in [0.25, 0.3) is 0 Å². The predicted octanol–water partition coefficient (Wildman–Crippen LogP) is 4.71. The quantitative estimate of drug-likeness (QED) is 0.812. The normalized spacial score (nSPS) is 22.8. The molecule has 1 aliphatic rings. The van der Waals surface area contributed by atoms with Gasteiger partial charge in [-0.1, -0.05) is 26.2 Å². The predicted molar refractivity (Wildman–Crippen MR) is 83.1 cm³/mol. The molecule has 3 rings (SSSR count). The second kappa shape index (κ2) is 5.41. The molecule has 2 unspecified atom stereocenters. The third-order valence-corrected chi connectivity index (χ3v) is 4.84. The Balaban J connectivity index is 2.08. The molecule has 1 aromatic carbocycles. The first kappa shape index (κ1) is 13.4. The van der Waals surface area contributed by atoms with Crippen LogP contribution in [-0.2, 0) is 0 Å². The van der Waals surface area contributed by atoms with Crippen LogP contribution in [0.3, 0.4) is 0 Å². The SMILES string of the molecule is CCC1CCCC(n2c(=S)[nH]c3ccc(C#N)cc32)C1. The van der Waals surface area contributed by atoms with Crippen molar-refractivity contribution in [1.29, 1.82) is 5.26 Å². The highest BCUT2D eigenvalue weighted by Crippen LogP contribution is 2.36. The van der Waals surface area contributed by atoms with Gasteiger partial charge in [-0.2, -0.15) is 5.26 Å². The standard InChI is InChI=1S/C16H19N3S/c1-2-11-4-3-5-13(8-11)19-15-9-12(10-17)6-7-14(15)18-16(19)20/h6-7,9,11,13H,2-5,8H2,1H3,(H,18,20). The zero-order chi connectivity index (χ0) is 14.1. The fraction of sp³-hybridized carbons (Fsp3) is 0.500. The first-order chi connectivity index (χ1) is 9.72. The van der Waals surface area contributed by atoms with Gasteiger partial charge in [0.1, 0.15) is 0 Å². The summed E-state index contributed by atoms with van der Waals surface area (Å²) >= 11 is 5.51. The Bertz CT molecular complexity index is 719. The summed E-state index contributed by atoms with van der Waals surface area (Å²) in [5, 5.41) is 9.09. The molecule has 0 spiro atoms. The van der Waals surface area contributed by atoms with Gasteiger partial charge in [-0.05, 0) is 49.2 Å². The average molecular weight is 285 g/mol. The van der Waals surface area contributed by atoms with Crippen LogP contribution >= 0.6 is 12.2 Å². The summed E-state index contributed by atoms with van der Waals surface area (Å²) in [6.07, 6.45) is 6.25. The summed E-state index contributed by atoms with van der Waals surface area (Å²) < 4.78 is 3.03. The lowest BCUT2D eigenvalue weighted by atomic mass is 9.84. The molecule has 1 heterocycles. The molecule has 1 aromatic heterocycles. The summed E-state index contributed by atoms with van der Waals surface area (Å²) in [5.41, 5.74) is 2.81. The minimum absolute atomic E-state index is 0.476. The maximum absolute atomic E-state index is 9.09. The van der Waals surface area contributed by atoms with E-state index in [4.69, 9.17) is 17.5 Å². The first-order valence-electron chi connectivity index (χ1n) is 7.37. The highest BCUT2D eigenvalue weighted by molar-refractivity contribution is 7.71. The van der Waals surface area contributed by atoms with Crippen molar-refractivity contribution in [2.24, 2.45) is 5.92 Å². The lowest BCUT2D eigenvalue weighted by Gasteiger charge is -2.29. The minimum Gasteiger partial charge on any atom is -0.331 e. The Morgan fingerprint density at radius 2 is 2.30 bits per heavy atom. The summed E-state index contributed by atoms with van der Waals surface area (Å²) in [4.78, 5) is 3.28. The van der Waals surface area contributed by atoms with Gasteiger partial charge in [0.15, 0.2) is 4.77 Å². The van der Waals surface area contributed by atoms with Gasteiger partial charge < -0.3 is 9.55 Å². The van der Waals surface area contributed by atoms with E-state index in [1.165, 1.54) is 32.1 Å². The Morgan fingerprint density at radius 3 is 3.05 bits per heavy atom. The van der Waals surface area contributed by atoms with Gasteiger partial charge in [0.2, 0.25) is 0 Å². The molecule has 20 heavy (non-hydrogen) atoms. The number of nitriles is 1. The van der Waals surface area contributed by atoms with E-state index in [0.29, 0.717) is 11.6 Å². The van der Waals surface area contributed by atoms with Crippen molar-refractivity contribution in [1.82, 2.24) is 9.55 Å². The van der Waals surface area contributed by atoms with E-state index in [1.54, 1.807) is 0 Å². The highest BCUT2D eigenvalue weighted by Gasteiger charge is 2.24. The maximum Gasteiger partial charge on any atom is 0.178 e. The van der Waals surface area contributed by atoms with E-state index < -0.39 is 0 Å². The molecule has 3 nitrogen and oxygen atoms in total. The molecule has 1 fully saturated rings. The molecule has 2 aromatic rings. The molecule has 1 saturated carbocycles. The molecule has 0 bridgehead atoms. The summed E-state index contributed by atoms with van der Waals surface area (Å²) in [5.74, 6) is 0.805. The second-order valence-corrected chi connectivity index (χ2v) is 6.13. The number of hydrogen-bond acceptors (Lipinski definition) is 2. The van der Waals surface area contributed by atoms with Crippen LogP contribution in [0.1, 0.15) is 50.6 Å². The van der Waals surface area contributed by atoms with Crippen LogP contribution in [0.5, 0.6) is 0 Å². The Kier molecular flexibility index (Phi) is 3.62. The summed E-state index contributed by atoms with van der Waals surface area (Å²) in [6.45, 7) is 2.27. The van der Waals surface area contributed by atoms with Crippen LogP contribution in [0.2, 0.25) is 0 Å². The Labute approximate surface area is 124 Å². The van der Waals surface area contributed by atoms with E-state index in [0.717, 1.165) is 21.7 Å². The van der Waals surface area contributed by atoms with Gasteiger partial charge in [0.05, 0.1) is 22.7 Å². The van der Waals surface area contributed by atoms with Crippen LogP contribution in [0.15, 0.2) is 18.2 Å². The minimum atomic E-state index is 0.476. The number of hydrogen-bond donors (Lipinski definition) is 1. The van der Waals surface area contributed by atoms with Crippen molar-refractivity contribution in [2.45, 2.75) is 45.1 Å². The lowest BCUT2D eigenvalue weighted by Crippen LogP contribution is -2.19. The topological polar surface area (TPSA) is 44.5 Å². The molecule has 2 atom stereocenters. The second-order valence-electron chi connectivity index (χ2n) is 5.74. The number of nitrogens with one attached hydrogen (secondary N) is 1. The molecule has 4 heteroatoms. The number of nitrogens with zero attached hydrogens (tertiary/aromatic N) is 2. The number of benzene rings is 1. The number of imidazole rings is 1. The molecule has 1 N–H and O–H groups in total. The third-order valence-electron chi connectivity index (χ3n) is 4.54. The van der Waals surface area contributed by atoms with E-state index in [1.807, 2.05) is 18.2 Å². The van der Waals surface area contributed by atoms with E-state index in [-0.39, 0.29) is 0 Å². The molecule has 0 amide bonds. The molecular weight excluding hydrogens is 266 g/mol. The van der Waals surface area contributed by atoms with E-state index in [2.05, 4.69) is 22.5 Å². The van der Waals surface area contributed by atoms with Crippen LogP contribution in [-0.4, -0.2) is 9.55 Å². The van der Waals surface area contributed by atoms with Crippen LogP contribution in [0.25, 0.3) is 11.0 Å². The third kappa shape index (κ3) is 2.27. The number of aromatic amines is 1. The number of aromatic nitrogens is 2. The molecule has 0 aliphatic heterocycles. The molecule has 0 saturated heterocycles. The van der Waals surface area contributed by atoms with Crippen molar-refractivity contribution in [3.63, 3.8) is 0 Å². The van der Waals surface area contributed by atoms with Crippen LogP contribution < -0.4 is 0 Å². The van der Waals surface area contributed by atoms with Gasteiger partial charge in [-0.3, -0.25) is 0 Å². The van der Waals surface area contributed by atoms with E-state index in [9.17, 15) is 0 Å². The average Bonchev–Trinajstić information content (AvgIpc) is 2.82. The number of fused-ring (bicyclic) bond motifs is 1. The van der Waals surface area contributed by atoms with Crippen molar-refractivity contribution in [2.75, 3.05) is 0 Å². The van der Waals surface area contributed by atoms with Gasteiger partial charge in [0, 0.05) is 6.04 Å². The Morgan fingerprint density at radius 1 is 1.45 bits per heavy atom. The Hall–Kier alpha value is -1.60. The van der Waals surface area contributed by atoms with Crippen molar-refractivity contribution in [3.05, 3.63) is 28.5 Å². The van der Waals surface area contributed by atoms with Crippen molar-refractivity contribution < 1.29 is 0 Å². The van der Waals surface area contributed by atoms with E-state index >= 15 is 0 Å². The van der Waals surface area contributed by atoms with Crippen LogP contribution in [0, 0.1) is 22.0 Å². The zero-order valence-electron chi connectivity index (χ0n) is 11.7. The monoisotopic (exact) mass is 285 g/mol. The fourth-order valence-electron chi connectivity index (χ4n) is 3.42. The number of rotatable bonds is 2. The van der Waals surface area contributed by atoms with Gasteiger partial charge >= 0.3 is 0 Å². The highest BCUT2D eigenvalue weighted by atomic mass is 32.1. The smallest absolute Gasteiger partial charge is 0.178 e. The largest absolute Gasteiger partial charge is 0.331 e. The fourth-order valence-corrected chi connectivity index (χ4v) is 3.78. The van der Waals surface area contributed by atoms with Gasteiger partial charge in [-0.15, -0.1) is 0 Å². The zero-order valence-corrected chi connectivity index (χ0v) is 12.5. The maximum atomic E-state index is 9.09. The summed E-state index contributed by atoms with van der Waals surface area (Å²) in [6, 6.07) is 8.45. The molecule has 104 valence electrons. The molecule has 1 aliphatic carbocycles.